The van der Waals surface area contributed by atoms with E-state index in [1.54, 1.807) is 12.1 Å². The number of rotatable bonds is 6. The third kappa shape index (κ3) is 5.35. The van der Waals surface area contributed by atoms with E-state index in [1.807, 2.05) is 0 Å². The zero-order chi connectivity index (χ0) is 12.9. The summed E-state index contributed by atoms with van der Waals surface area (Å²) in [5, 5.41) is 0. The summed E-state index contributed by atoms with van der Waals surface area (Å²) in [5.41, 5.74) is 1.10. The van der Waals surface area contributed by atoms with Gasteiger partial charge in [0, 0.05) is 3.92 Å². The molecule has 1 aromatic carbocycles. The van der Waals surface area contributed by atoms with Crippen molar-refractivity contribution in [3.8, 4) is 0 Å². The van der Waals surface area contributed by atoms with Crippen LogP contribution in [0.4, 0.5) is 0 Å². The van der Waals surface area contributed by atoms with Gasteiger partial charge in [0.05, 0.1) is 4.90 Å². The van der Waals surface area contributed by atoms with E-state index in [9.17, 15) is 8.42 Å². The van der Waals surface area contributed by atoms with Crippen LogP contribution in [0.25, 0.3) is 0 Å². The fourth-order valence-electron chi connectivity index (χ4n) is 1.58. The van der Waals surface area contributed by atoms with Gasteiger partial charge in [-0.3, -0.25) is 4.55 Å². The summed E-state index contributed by atoms with van der Waals surface area (Å²) in [5.74, 6) is 0. The molecule has 17 heavy (non-hydrogen) atoms. The molecule has 1 unspecified atom stereocenters. The van der Waals surface area contributed by atoms with Gasteiger partial charge in [-0.1, -0.05) is 54.5 Å². The first-order valence-corrected chi connectivity index (χ1v) is 8.32. The van der Waals surface area contributed by atoms with Gasteiger partial charge in [0.25, 0.3) is 10.1 Å². The largest absolute Gasteiger partial charge is 0.294 e. The number of alkyl halides is 1. The van der Waals surface area contributed by atoms with Crippen molar-refractivity contribution in [3.63, 3.8) is 0 Å². The Hall–Kier alpha value is -0.140. The molecule has 1 atom stereocenters. The predicted octanol–water partition coefficient (Wildman–Crippen LogP) is 3.47. The average Bonchev–Trinajstić information content (AvgIpc) is 2.26. The minimum absolute atomic E-state index is 0.0418. The van der Waals surface area contributed by atoms with Crippen molar-refractivity contribution in [1.29, 1.82) is 0 Å². The molecular weight excluding hydrogens is 351 g/mol. The zero-order valence-corrected chi connectivity index (χ0v) is 12.7. The monoisotopic (exact) mass is 368 g/mol. The van der Waals surface area contributed by atoms with Crippen LogP contribution in [0.3, 0.4) is 0 Å². The van der Waals surface area contributed by atoms with E-state index in [2.05, 4.69) is 29.5 Å². The third-order valence-electron chi connectivity index (χ3n) is 2.55. The van der Waals surface area contributed by atoms with Crippen LogP contribution >= 0.6 is 22.6 Å². The molecule has 96 valence electrons. The van der Waals surface area contributed by atoms with Crippen LogP contribution in [-0.4, -0.2) is 16.9 Å². The molecule has 5 heteroatoms. The van der Waals surface area contributed by atoms with Crippen molar-refractivity contribution in [2.75, 3.05) is 0 Å². The number of hydrogen-bond donors (Lipinski definition) is 1. The molecule has 0 fully saturated rings. The lowest BCUT2D eigenvalue weighted by Gasteiger charge is -2.09. The van der Waals surface area contributed by atoms with Crippen LogP contribution < -0.4 is 0 Å². The standard InChI is InChI=1S/C12H17IO3S/c1-2-3-4-11(13)9-10-5-7-12(8-6-10)17(14,15)16/h5-8,11H,2-4,9H2,1H3,(H,14,15,16). The fourth-order valence-corrected chi connectivity index (χ4v) is 3.01. The highest BCUT2D eigenvalue weighted by atomic mass is 127. The topological polar surface area (TPSA) is 54.4 Å². The van der Waals surface area contributed by atoms with Gasteiger partial charge in [-0.15, -0.1) is 0 Å². The Labute approximate surface area is 117 Å². The average molecular weight is 368 g/mol. The van der Waals surface area contributed by atoms with Crippen molar-refractivity contribution in [3.05, 3.63) is 29.8 Å². The Morgan fingerprint density at radius 3 is 2.35 bits per heavy atom. The van der Waals surface area contributed by atoms with Crippen LogP contribution in [0, 0.1) is 0 Å². The Morgan fingerprint density at radius 2 is 1.88 bits per heavy atom. The van der Waals surface area contributed by atoms with Crippen molar-refractivity contribution in [1.82, 2.24) is 0 Å². The first kappa shape index (κ1) is 14.9. The molecule has 0 radical (unpaired) electrons. The second kappa shape index (κ2) is 6.70. The van der Waals surface area contributed by atoms with Gasteiger partial charge < -0.3 is 0 Å². The quantitative estimate of drug-likeness (QED) is 0.475. The zero-order valence-electron chi connectivity index (χ0n) is 9.77. The van der Waals surface area contributed by atoms with Crippen LogP contribution in [-0.2, 0) is 16.5 Å². The molecule has 0 saturated heterocycles. The van der Waals surface area contributed by atoms with Gasteiger partial charge in [-0.05, 0) is 30.5 Å². The van der Waals surface area contributed by atoms with Gasteiger partial charge in [-0.2, -0.15) is 8.42 Å². The van der Waals surface area contributed by atoms with Gasteiger partial charge in [0.15, 0.2) is 0 Å². The summed E-state index contributed by atoms with van der Waals surface area (Å²) in [7, 11) is -4.06. The molecule has 0 aliphatic carbocycles. The molecule has 0 bridgehead atoms. The lowest BCUT2D eigenvalue weighted by Crippen LogP contribution is -2.03. The number of unbranched alkanes of at least 4 members (excludes halogenated alkanes) is 1. The SMILES string of the molecule is CCCCC(I)Cc1ccc(S(=O)(=O)O)cc1. The first-order chi connectivity index (χ1) is 7.93. The fraction of sp³-hybridized carbons (Fsp3) is 0.500. The Morgan fingerprint density at radius 1 is 1.29 bits per heavy atom. The van der Waals surface area contributed by atoms with Crippen LogP contribution in [0.1, 0.15) is 31.7 Å². The number of hydrogen-bond acceptors (Lipinski definition) is 2. The second-order valence-electron chi connectivity index (χ2n) is 4.06. The van der Waals surface area contributed by atoms with Gasteiger partial charge >= 0.3 is 0 Å². The van der Waals surface area contributed by atoms with Crippen molar-refractivity contribution < 1.29 is 13.0 Å². The second-order valence-corrected chi connectivity index (χ2v) is 7.25. The molecule has 1 aromatic rings. The van der Waals surface area contributed by atoms with Gasteiger partial charge in [0.1, 0.15) is 0 Å². The van der Waals surface area contributed by atoms with E-state index in [0.29, 0.717) is 3.92 Å². The lowest BCUT2D eigenvalue weighted by atomic mass is 10.1. The molecule has 1 N–H and O–H groups in total. The molecule has 0 spiro atoms. The molecule has 3 nitrogen and oxygen atoms in total. The first-order valence-electron chi connectivity index (χ1n) is 5.64. The van der Waals surface area contributed by atoms with Crippen LogP contribution in [0.15, 0.2) is 29.2 Å². The molecule has 0 aliphatic rings. The molecule has 0 aliphatic heterocycles. The Balaban J connectivity index is 2.63. The van der Waals surface area contributed by atoms with E-state index in [0.717, 1.165) is 12.0 Å². The van der Waals surface area contributed by atoms with Crippen molar-refractivity contribution >= 4 is 32.7 Å². The molecular formula is C12H17IO3S. The van der Waals surface area contributed by atoms with Crippen LogP contribution in [0.2, 0.25) is 0 Å². The maximum Gasteiger partial charge on any atom is 0.294 e. The summed E-state index contributed by atoms with van der Waals surface area (Å²) in [4.78, 5) is -0.0418. The smallest absolute Gasteiger partial charge is 0.282 e. The highest BCUT2D eigenvalue weighted by molar-refractivity contribution is 14.1. The Bertz CT molecular complexity index is 439. The summed E-state index contributed by atoms with van der Waals surface area (Å²) in [6.45, 7) is 2.17. The minimum atomic E-state index is -4.06. The van der Waals surface area contributed by atoms with E-state index in [-0.39, 0.29) is 4.90 Å². The predicted molar refractivity (Wildman–Crippen MR) is 77.3 cm³/mol. The lowest BCUT2D eigenvalue weighted by molar-refractivity contribution is 0.483. The summed E-state index contributed by atoms with van der Waals surface area (Å²) in [6, 6.07) is 6.43. The highest BCUT2D eigenvalue weighted by Crippen LogP contribution is 2.18. The molecule has 0 aromatic heterocycles. The van der Waals surface area contributed by atoms with E-state index in [1.165, 1.54) is 31.4 Å². The summed E-state index contributed by atoms with van der Waals surface area (Å²) < 4.78 is 31.1. The number of benzene rings is 1. The molecule has 1 rings (SSSR count). The van der Waals surface area contributed by atoms with Crippen molar-refractivity contribution in [2.24, 2.45) is 0 Å². The Kier molecular flexibility index (Phi) is 5.88. The van der Waals surface area contributed by atoms with Crippen molar-refractivity contribution in [2.45, 2.75) is 41.4 Å². The highest BCUT2D eigenvalue weighted by Gasteiger charge is 2.10. The van der Waals surface area contributed by atoms with E-state index >= 15 is 0 Å². The molecule has 0 saturated carbocycles. The van der Waals surface area contributed by atoms with Gasteiger partial charge in [0.2, 0.25) is 0 Å². The molecule has 0 amide bonds. The third-order valence-corrected chi connectivity index (χ3v) is 4.48. The maximum atomic E-state index is 10.9. The van der Waals surface area contributed by atoms with Gasteiger partial charge in [-0.25, -0.2) is 0 Å². The minimum Gasteiger partial charge on any atom is -0.282 e. The normalized spacial score (nSPS) is 13.6. The molecule has 0 heterocycles. The maximum absolute atomic E-state index is 10.9. The summed E-state index contributed by atoms with van der Waals surface area (Å²) >= 11 is 2.43. The number of halogens is 1. The summed E-state index contributed by atoms with van der Waals surface area (Å²) in [6.07, 6.45) is 4.53. The van der Waals surface area contributed by atoms with E-state index in [4.69, 9.17) is 4.55 Å². The van der Waals surface area contributed by atoms with Crippen LogP contribution in [0.5, 0.6) is 0 Å². The van der Waals surface area contributed by atoms with E-state index < -0.39 is 10.1 Å².